The Labute approximate surface area is 169 Å². The highest BCUT2D eigenvalue weighted by Crippen LogP contribution is 2.23. The van der Waals surface area contributed by atoms with Crippen LogP contribution in [0.2, 0.25) is 0 Å². The number of aromatic nitrogens is 1. The van der Waals surface area contributed by atoms with Crippen LogP contribution in [0.15, 0.2) is 60.2 Å². The zero-order chi connectivity index (χ0) is 21.0. The molecule has 146 valence electrons. The summed E-state index contributed by atoms with van der Waals surface area (Å²) in [5, 5.41) is 12.1. The molecular weight excluding hydrogens is 365 g/mol. The Hall–Kier alpha value is -3.65. The van der Waals surface area contributed by atoms with Crippen LogP contribution in [0.25, 0.3) is 11.8 Å². The topological polar surface area (TPSA) is 57.8 Å². The molecule has 4 nitrogen and oxygen atoms in total. The minimum atomic E-state index is -0.531. The number of carbonyl (C=O) groups is 1. The number of amides is 1. The zero-order valence-electron chi connectivity index (χ0n) is 16.7. The molecule has 29 heavy (non-hydrogen) atoms. The molecule has 5 heteroatoms. The molecular formula is C24H22FN3O. The molecule has 0 unspecified atom stereocenters. The van der Waals surface area contributed by atoms with E-state index in [0.717, 1.165) is 29.1 Å². The molecule has 1 N–H and O–H groups in total. The highest BCUT2D eigenvalue weighted by molar-refractivity contribution is 6.09. The lowest BCUT2D eigenvalue weighted by atomic mass is 10.1. The number of carbonyl (C=O) groups excluding carboxylic acids is 1. The van der Waals surface area contributed by atoms with Gasteiger partial charge in [-0.2, -0.15) is 5.26 Å². The lowest BCUT2D eigenvalue weighted by Gasteiger charge is -2.10. The lowest BCUT2D eigenvalue weighted by molar-refractivity contribution is -0.112. The predicted molar refractivity (Wildman–Crippen MR) is 113 cm³/mol. The SMILES string of the molecule is CCc1ccc(-n2c(C)cc(/C=C(/C#N)C(=O)Nc3ccc(F)cc3)c2C)cc1. The summed E-state index contributed by atoms with van der Waals surface area (Å²) in [4.78, 5) is 12.5. The Morgan fingerprint density at radius 2 is 1.79 bits per heavy atom. The first-order valence-corrected chi connectivity index (χ1v) is 9.40. The predicted octanol–water partition coefficient (Wildman–Crippen LogP) is 5.34. The Kier molecular flexibility index (Phi) is 5.94. The molecule has 0 saturated carbocycles. The zero-order valence-corrected chi connectivity index (χ0v) is 16.7. The van der Waals surface area contributed by atoms with Gasteiger partial charge in [0.25, 0.3) is 5.91 Å². The Balaban J connectivity index is 1.90. The van der Waals surface area contributed by atoms with E-state index in [9.17, 15) is 14.4 Å². The number of hydrogen-bond acceptors (Lipinski definition) is 2. The van der Waals surface area contributed by atoms with Gasteiger partial charge in [0.15, 0.2) is 0 Å². The van der Waals surface area contributed by atoms with Gasteiger partial charge in [0, 0.05) is 22.8 Å². The number of hydrogen-bond donors (Lipinski definition) is 1. The molecule has 1 heterocycles. The second-order valence-corrected chi connectivity index (χ2v) is 6.81. The number of anilines is 1. The molecule has 0 aliphatic carbocycles. The summed E-state index contributed by atoms with van der Waals surface area (Å²) in [7, 11) is 0. The number of benzene rings is 2. The first-order chi connectivity index (χ1) is 13.9. The van der Waals surface area contributed by atoms with Crippen molar-refractivity contribution in [3.05, 3.63) is 88.5 Å². The summed E-state index contributed by atoms with van der Waals surface area (Å²) >= 11 is 0. The smallest absolute Gasteiger partial charge is 0.266 e. The fourth-order valence-electron chi connectivity index (χ4n) is 3.25. The van der Waals surface area contributed by atoms with Crippen molar-refractivity contribution in [1.82, 2.24) is 4.57 Å². The standard InChI is InChI=1S/C24H22FN3O/c1-4-18-5-11-23(12-6-18)28-16(2)13-19(17(28)3)14-20(15-26)24(29)27-22-9-7-21(25)8-10-22/h5-14H,4H2,1-3H3,(H,27,29)/b20-14-. The quantitative estimate of drug-likeness (QED) is 0.474. The third-order valence-electron chi connectivity index (χ3n) is 4.84. The molecule has 3 rings (SSSR count). The summed E-state index contributed by atoms with van der Waals surface area (Å²) < 4.78 is 15.1. The lowest BCUT2D eigenvalue weighted by Crippen LogP contribution is -2.13. The molecule has 0 aliphatic heterocycles. The van der Waals surface area contributed by atoms with Crippen molar-refractivity contribution in [3.63, 3.8) is 0 Å². The van der Waals surface area contributed by atoms with Crippen molar-refractivity contribution < 1.29 is 9.18 Å². The van der Waals surface area contributed by atoms with Crippen molar-refractivity contribution >= 4 is 17.7 Å². The van der Waals surface area contributed by atoms with E-state index in [1.165, 1.54) is 29.8 Å². The second-order valence-electron chi connectivity index (χ2n) is 6.81. The fraction of sp³-hybridized carbons (Fsp3) is 0.167. The molecule has 0 bridgehead atoms. The van der Waals surface area contributed by atoms with Crippen LogP contribution in [0.4, 0.5) is 10.1 Å². The Bertz CT molecular complexity index is 1100. The first-order valence-electron chi connectivity index (χ1n) is 9.40. The summed E-state index contributed by atoms with van der Waals surface area (Å²) in [5.41, 5.74) is 5.46. The molecule has 0 radical (unpaired) electrons. The number of nitrogens with one attached hydrogen (secondary N) is 1. The van der Waals surface area contributed by atoms with Crippen LogP contribution in [-0.2, 0) is 11.2 Å². The summed E-state index contributed by atoms with van der Waals surface area (Å²) in [6.45, 7) is 6.06. The van der Waals surface area contributed by atoms with Crippen molar-refractivity contribution in [1.29, 1.82) is 5.26 Å². The van der Waals surface area contributed by atoms with E-state index >= 15 is 0 Å². The molecule has 0 aliphatic rings. The van der Waals surface area contributed by atoms with Gasteiger partial charge in [-0.25, -0.2) is 4.39 Å². The van der Waals surface area contributed by atoms with E-state index in [0.29, 0.717) is 5.69 Å². The largest absolute Gasteiger partial charge is 0.321 e. The molecule has 1 amide bonds. The summed E-state index contributed by atoms with van der Waals surface area (Å²) in [6, 6.07) is 17.7. The molecule has 0 spiro atoms. The van der Waals surface area contributed by atoms with Gasteiger partial charge in [-0.15, -0.1) is 0 Å². The highest BCUT2D eigenvalue weighted by Gasteiger charge is 2.14. The maximum atomic E-state index is 13.0. The summed E-state index contributed by atoms with van der Waals surface area (Å²) in [6.07, 6.45) is 2.56. The third-order valence-corrected chi connectivity index (χ3v) is 4.84. The van der Waals surface area contributed by atoms with E-state index in [1.54, 1.807) is 6.08 Å². The van der Waals surface area contributed by atoms with E-state index < -0.39 is 11.7 Å². The van der Waals surface area contributed by atoms with Gasteiger partial charge in [-0.1, -0.05) is 19.1 Å². The number of aryl methyl sites for hydroxylation is 2. The first kappa shape index (κ1) is 20.1. The van der Waals surface area contributed by atoms with Gasteiger partial charge in [0.1, 0.15) is 17.5 Å². The third kappa shape index (κ3) is 4.44. The van der Waals surface area contributed by atoms with Gasteiger partial charge in [0.2, 0.25) is 0 Å². The molecule has 0 fully saturated rings. The normalized spacial score (nSPS) is 11.2. The van der Waals surface area contributed by atoms with Crippen molar-refractivity contribution in [2.75, 3.05) is 5.32 Å². The Morgan fingerprint density at radius 3 is 2.38 bits per heavy atom. The van der Waals surface area contributed by atoms with Crippen LogP contribution in [0.5, 0.6) is 0 Å². The second kappa shape index (κ2) is 8.57. The Morgan fingerprint density at radius 1 is 1.14 bits per heavy atom. The van der Waals surface area contributed by atoms with Gasteiger partial charge in [-0.05, 0) is 79.9 Å². The minimum absolute atomic E-state index is 0.0177. The maximum absolute atomic E-state index is 13.0. The highest BCUT2D eigenvalue weighted by atomic mass is 19.1. The van der Waals surface area contributed by atoms with Crippen molar-refractivity contribution in [3.8, 4) is 11.8 Å². The molecule has 0 atom stereocenters. The molecule has 0 saturated heterocycles. The van der Waals surface area contributed by atoms with Gasteiger partial charge in [0.05, 0.1) is 0 Å². The van der Waals surface area contributed by atoms with Crippen LogP contribution >= 0.6 is 0 Å². The van der Waals surface area contributed by atoms with Crippen LogP contribution in [0.1, 0.15) is 29.4 Å². The number of halogens is 1. The van der Waals surface area contributed by atoms with E-state index in [-0.39, 0.29) is 5.57 Å². The van der Waals surface area contributed by atoms with Crippen molar-refractivity contribution in [2.45, 2.75) is 27.2 Å². The molecule has 3 aromatic rings. The monoisotopic (exact) mass is 387 g/mol. The minimum Gasteiger partial charge on any atom is -0.321 e. The number of rotatable bonds is 5. The van der Waals surface area contributed by atoms with Gasteiger partial charge < -0.3 is 9.88 Å². The van der Waals surface area contributed by atoms with Gasteiger partial charge in [-0.3, -0.25) is 4.79 Å². The van der Waals surface area contributed by atoms with Crippen molar-refractivity contribution in [2.24, 2.45) is 0 Å². The molecule has 2 aromatic carbocycles. The molecule has 1 aromatic heterocycles. The van der Waals surface area contributed by atoms with Crippen LogP contribution < -0.4 is 5.32 Å². The van der Waals surface area contributed by atoms with Crippen LogP contribution in [0.3, 0.4) is 0 Å². The summed E-state index contributed by atoms with van der Waals surface area (Å²) in [5.74, 6) is -0.922. The number of nitrogens with zero attached hydrogens (tertiary/aromatic N) is 2. The van der Waals surface area contributed by atoms with Crippen LogP contribution in [-0.4, -0.2) is 10.5 Å². The van der Waals surface area contributed by atoms with E-state index in [4.69, 9.17) is 0 Å². The number of nitriles is 1. The average molecular weight is 387 g/mol. The van der Waals surface area contributed by atoms with E-state index in [1.807, 2.05) is 26.0 Å². The van der Waals surface area contributed by atoms with Gasteiger partial charge >= 0.3 is 0 Å². The fourth-order valence-corrected chi connectivity index (χ4v) is 3.25. The van der Waals surface area contributed by atoms with E-state index in [2.05, 4.69) is 41.1 Å². The average Bonchev–Trinajstić information content (AvgIpc) is 3.00. The van der Waals surface area contributed by atoms with Crippen LogP contribution in [0, 0.1) is 31.0 Å². The maximum Gasteiger partial charge on any atom is 0.266 e.